The van der Waals surface area contributed by atoms with E-state index >= 15 is 0 Å². The van der Waals surface area contributed by atoms with Gasteiger partial charge in [0.2, 0.25) is 0 Å². The van der Waals surface area contributed by atoms with E-state index in [1.807, 2.05) is 17.8 Å². The van der Waals surface area contributed by atoms with E-state index in [-0.39, 0.29) is 9.92 Å². The Bertz CT molecular complexity index is 361. The molecule has 0 saturated carbocycles. The van der Waals surface area contributed by atoms with Crippen molar-refractivity contribution in [3.8, 4) is 0 Å². The molecule has 0 amide bonds. The zero-order valence-electron chi connectivity index (χ0n) is 8.85. The largest absolute Gasteiger partial charge is 0.324 e. The smallest absolute Gasteiger partial charge is 0.312 e. The molecule has 0 aromatic carbocycles. The first-order valence-corrected chi connectivity index (χ1v) is 7.24. The van der Waals surface area contributed by atoms with Crippen molar-refractivity contribution in [2.75, 3.05) is 18.1 Å². The number of thiophene rings is 1. The maximum atomic E-state index is 10.5. The third-order valence-electron chi connectivity index (χ3n) is 2.58. The van der Waals surface area contributed by atoms with Crippen molar-refractivity contribution in [1.29, 1.82) is 0 Å². The lowest BCUT2D eigenvalue weighted by Crippen LogP contribution is -2.21. The van der Waals surface area contributed by atoms with E-state index in [1.54, 1.807) is 6.07 Å². The van der Waals surface area contributed by atoms with Crippen molar-refractivity contribution in [2.24, 2.45) is 5.92 Å². The van der Waals surface area contributed by atoms with Crippen LogP contribution in [0.5, 0.6) is 0 Å². The maximum absolute atomic E-state index is 10.5. The van der Waals surface area contributed by atoms with Gasteiger partial charge in [-0.2, -0.15) is 11.8 Å². The monoisotopic (exact) mass is 258 g/mol. The van der Waals surface area contributed by atoms with Crippen LogP contribution < -0.4 is 5.32 Å². The van der Waals surface area contributed by atoms with E-state index in [1.165, 1.54) is 29.3 Å². The molecule has 2 rings (SSSR count). The van der Waals surface area contributed by atoms with Gasteiger partial charge in [-0.15, -0.1) is 0 Å². The van der Waals surface area contributed by atoms with E-state index in [4.69, 9.17) is 0 Å². The van der Waals surface area contributed by atoms with Crippen molar-refractivity contribution in [3.05, 3.63) is 27.1 Å². The quantitative estimate of drug-likeness (QED) is 0.651. The van der Waals surface area contributed by atoms with Gasteiger partial charge in [-0.3, -0.25) is 10.1 Å². The summed E-state index contributed by atoms with van der Waals surface area (Å²) in [4.78, 5) is 11.2. The molecule has 1 saturated heterocycles. The van der Waals surface area contributed by atoms with Gasteiger partial charge in [0, 0.05) is 17.5 Å². The highest BCUT2D eigenvalue weighted by Gasteiger charge is 2.15. The van der Waals surface area contributed by atoms with Gasteiger partial charge in [0.25, 0.3) is 0 Å². The summed E-state index contributed by atoms with van der Waals surface area (Å²) >= 11 is 3.27. The van der Waals surface area contributed by atoms with Crippen LogP contribution in [0.3, 0.4) is 0 Å². The minimum absolute atomic E-state index is 0.230. The van der Waals surface area contributed by atoms with Gasteiger partial charge >= 0.3 is 5.00 Å². The van der Waals surface area contributed by atoms with Gasteiger partial charge in [-0.1, -0.05) is 11.3 Å². The summed E-state index contributed by atoms with van der Waals surface area (Å²) in [7, 11) is 0. The van der Waals surface area contributed by atoms with Crippen molar-refractivity contribution < 1.29 is 4.92 Å². The lowest BCUT2D eigenvalue weighted by Gasteiger charge is -2.08. The Kier molecular flexibility index (Phi) is 4.20. The zero-order valence-corrected chi connectivity index (χ0v) is 10.5. The van der Waals surface area contributed by atoms with Crippen LogP contribution >= 0.6 is 23.1 Å². The second kappa shape index (κ2) is 5.65. The Morgan fingerprint density at radius 2 is 2.44 bits per heavy atom. The molecule has 0 bridgehead atoms. The molecule has 1 N–H and O–H groups in total. The van der Waals surface area contributed by atoms with Gasteiger partial charge in [0.15, 0.2) is 0 Å². The number of nitrogens with one attached hydrogen (secondary N) is 1. The van der Waals surface area contributed by atoms with Crippen LogP contribution in [0, 0.1) is 16.0 Å². The molecule has 1 aliphatic rings. The Balaban J connectivity index is 1.74. The number of hydrogen-bond acceptors (Lipinski definition) is 5. The van der Waals surface area contributed by atoms with Gasteiger partial charge in [0.1, 0.15) is 0 Å². The highest BCUT2D eigenvalue weighted by molar-refractivity contribution is 7.99. The Hall–Kier alpha value is -0.590. The SMILES string of the molecule is O=[N+]([O-])c1ccc(CNCC2CCSC2)s1. The van der Waals surface area contributed by atoms with Gasteiger partial charge in [-0.05, 0) is 36.5 Å². The average Bonchev–Trinajstić information content (AvgIpc) is 2.87. The van der Waals surface area contributed by atoms with Crippen molar-refractivity contribution >= 4 is 28.1 Å². The second-order valence-corrected chi connectivity index (χ2v) is 6.15. The normalized spacial score (nSPS) is 20.1. The molecule has 0 aliphatic carbocycles. The third kappa shape index (κ3) is 3.20. The van der Waals surface area contributed by atoms with E-state index in [2.05, 4.69) is 5.32 Å². The Morgan fingerprint density at radius 1 is 1.56 bits per heavy atom. The highest BCUT2D eigenvalue weighted by atomic mass is 32.2. The number of thioether (sulfide) groups is 1. The molecule has 1 fully saturated rings. The first-order valence-electron chi connectivity index (χ1n) is 5.27. The van der Waals surface area contributed by atoms with Crippen LogP contribution in [-0.4, -0.2) is 23.0 Å². The summed E-state index contributed by atoms with van der Waals surface area (Å²) in [6, 6.07) is 3.41. The Labute approximate surface area is 103 Å². The van der Waals surface area contributed by atoms with Crippen molar-refractivity contribution in [3.63, 3.8) is 0 Å². The topological polar surface area (TPSA) is 55.2 Å². The lowest BCUT2D eigenvalue weighted by molar-refractivity contribution is -0.380. The Morgan fingerprint density at radius 3 is 3.06 bits per heavy atom. The maximum Gasteiger partial charge on any atom is 0.324 e. The standard InChI is InChI=1S/C10H14N2O2S2/c13-12(14)10-2-1-9(16-10)6-11-5-8-3-4-15-7-8/h1-2,8,11H,3-7H2. The fourth-order valence-electron chi connectivity index (χ4n) is 1.70. The summed E-state index contributed by atoms with van der Waals surface area (Å²) in [5, 5.41) is 14.1. The fraction of sp³-hybridized carbons (Fsp3) is 0.600. The minimum Gasteiger partial charge on any atom is -0.312 e. The van der Waals surface area contributed by atoms with E-state index in [0.29, 0.717) is 0 Å². The number of hydrogen-bond donors (Lipinski definition) is 1. The molecular weight excluding hydrogens is 244 g/mol. The summed E-state index contributed by atoms with van der Waals surface area (Å²) < 4.78 is 0. The van der Waals surface area contributed by atoms with Crippen LogP contribution in [0.4, 0.5) is 5.00 Å². The van der Waals surface area contributed by atoms with Crippen molar-refractivity contribution in [1.82, 2.24) is 5.32 Å². The molecule has 1 aromatic rings. The van der Waals surface area contributed by atoms with Crippen LogP contribution in [0.1, 0.15) is 11.3 Å². The molecule has 6 heteroatoms. The van der Waals surface area contributed by atoms with E-state index in [0.717, 1.165) is 23.9 Å². The predicted molar refractivity (Wildman–Crippen MR) is 68.1 cm³/mol. The van der Waals surface area contributed by atoms with Crippen LogP contribution in [-0.2, 0) is 6.54 Å². The zero-order chi connectivity index (χ0) is 11.4. The number of nitro groups is 1. The molecule has 0 radical (unpaired) electrons. The summed E-state index contributed by atoms with van der Waals surface area (Å²) in [5.74, 6) is 3.30. The first kappa shape index (κ1) is 11.9. The molecule has 0 spiro atoms. The fourth-order valence-corrected chi connectivity index (χ4v) is 3.78. The van der Waals surface area contributed by atoms with E-state index in [9.17, 15) is 10.1 Å². The van der Waals surface area contributed by atoms with Gasteiger partial charge < -0.3 is 5.32 Å². The molecule has 1 aromatic heterocycles. The van der Waals surface area contributed by atoms with E-state index < -0.39 is 0 Å². The first-order chi connectivity index (χ1) is 7.75. The third-order valence-corrected chi connectivity index (χ3v) is 4.85. The molecule has 16 heavy (non-hydrogen) atoms. The summed E-state index contributed by atoms with van der Waals surface area (Å²) in [6.07, 6.45) is 1.29. The highest BCUT2D eigenvalue weighted by Crippen LogP contribution is 2.25. The van der Waals surface area contributed by atoms with Crippen LogP contribution in [0.25, 0.3) is 0 Å². The lowest BCUT2D eigenvalue weighted by atomic mass is 10.1. The number of rotatable bonds is 5. The molecule has 4 nitrogen and oxygen atoms in total. The molecule has 88 valence electrons. The number of nitrogens with zero attached hydrogens (tertiary/aromatic N) is 1. The predicted octanol–water partition coefficient (Wildman–Crippen LogP) is 2.50. The van der Waals surface area contributed by atoms with Gasteiger partial charge in [0.05, 0.1) is 4.92 Å². The van der Waals surface area contributed by atoms with Crippen LogP contribution in [0.15, 0.2) is 12.1 Å². The summed E-state index contributed by atoms with van der Waals surface area (Å²) in [5.41, 5.74) is 0. The summed E-state index contributed by atoms with van der Waals surface area (Å²) in [6.45, 7) is 1.78. The molecule has 1 aliphatic heterocycles. The average molecular weight is 258 g/mol. The molecule has 1 unspecified atom stereocenters. The van der Waals surface area contributed by atoms with Gasteiger partial charge in [-0.25, -0.2) is 0 Å². The van der Waals surface area contributed by atoms with Crippen molar-refractivity contribution in [2.45, 2.75) is 13.0 Å². The minimum atomic E-state index is -0.332. The molecule has 1 atom stereocenters. The van der Waals surface area contributed by atoms with Crippen LogP contribution in [0.2, 0.25) is 0 Å². The second-order valence-electron chi connectivity index (χ2n) is 3.86. The molecule has 2 heterocycles. The molecular formula is C10H14N2O2S2.